The van der Waals surface area contributed by atoms with Crippen LogP contribution in [0.4, 0.5) is 13.2 Å². The molecule has 3 nitrogen and oxygen atoms in total. The first-order valence-electron chi connectivity index (χ1n) is 7.08. The number of benzene rings is 2. The average Bonchev–Trinajstić information content (AvgIpc) is 2.54. The molecule has 132 valence electrons. The molecule has 0 aliphatic carbocycles. The van der Waals surface area contributed by atoms with Crippen molar-refractivity contribution in [3.8, 4) is 5.75 Å². The van der Waals surface area contributed by atoms with Gasteiger partial charge in [-0.15, -0.1) is 0 Å². The van der Waals surface area contributed by atoms with Crippen LogP contribution in [-0.4, -0.2) is 21.8 Å². The highest BCUT2D eigenvalue weighted by Gasteiger charge is 2.30. The summed E-state index contributed by atoms with van der Waals surface area (Å²) in [4.78, 5) is 0.309. The van der Waals surface area contributed by atoms with Crippen LogP contribution in [0, 0.1) is 0 Å². The van der Waals surface area contributed by atoms with Gasteiger partial charge < -0.3 is 4.74 Å². The quantitative estimate of drug-likeness (QED) is 0.816. The molecule has 0 heterocycles. The Balaban J connectivity index is 0.000000240. The van der Waals surface area contributed by atoms with Gasteiger partial charge in [-0.1, -0.05) is 25.1 Å². The Morgan fingerprint density at radius 1 is 1.04 bits per heavy atom. The van der Waals surface area contributed by atoms with Crippen molar-refractivity contribution in [1.82, 2.24) is 0 Å². The average molecular weight is 360 g/mol. The molecule has 0 atom stereocenters. The summed E-state index contributed by atoms with van der Waals surface area (Å²) < 4.78 is 63.2. The van der Waals surface area contributed by atoms with E-state index in [4.69, 9.17) is 4.74 Å². The lowest BCUT2D eigenvalue weighted by Gasteiger charge is -2.06. The first kappa shape index (κ1) is 20.0. The Bertz CT molecular complexity index is 751. The second-order valence-electron chi connectivity index (χ2n) is 5.00. The zero-order chi connectivity index (χ0) is 18.4. The summed E-state index contributed by atoms with van der Waals surface area (Å²) in [6, 6.07) is 11.7. The molecule has 0 bridgehead atoms. The van der Waals surface area contributed by atoms with Gasteiger partial charge in [0.2, 0.25) is 0 Å². The van der Waals surface area contributed by atoms with Crippen molar-refractivity contribution in [2.45, 2.75) is 24.4 Å². The molecule has 0 saturated carbocycles. The lowest BCUT2D eigenvalue weighted by molar-refractivity contribution is -0.137. The van der Waals surface area contributed by atoms with Crippen LogP contribution in [-0.2, 0) is 22.4 Å². The molecule has 2 aromatic rings. The van der Waals surface area contributed by atoms with Gasteiger partial charge in [0, 0.05) is 6.26 Å². The lowest BCUT2D eigenvalue weighted by atomic mass is 10.1. The number of rotatable bonds is 3. The van der Waals surface area contributed by atoms with Crippen LogP contribution >= 0.6 is 0 Å². The number of sulfone groups is 1. The third-order valence-corrected chi connectivity index (χ3v) is 4.28. The fourth-order valence-corrected chi connectivity index (χ4v) is 2.42. The van der Waals surface area contributed by atoms with E-state index in [2.05, 4.69) is 0 Å². The van der Waals surface area contributed by atoms with E-state index in [1.807, 2.05) is 6.92 Å². The smallest absolute Gasteiger partial charge is 0.416 e. The van der Waals surface area contributed by atoms with E-state index >= 15 is 0 Å². The molecule has 0 aromatic heterocycles. The third kappa shape index (κ3) is 6.23. The molecule has 7 heteroatoms. The molecule has 2 aromatic carbocycles. The van der Waals surface area contributed by atoms with Crippen LogP contribution in [0.1, 0.15) is 18.1 Å². The van der Waals surface area contributed by atoms with Crippen molar-refractivity contribution in [2.75, 3.05) is 13.4 Å². The van der Waals surface area contributed by atoms with E-state index < -0.39 is 21.6 Å². The zero-order valence-corrected chi connectivity index (χ0v) is 14.4. The third-order valence-electron chi connectivity index (χ3n) is 3.15. The van der Waals surface area contributed by atoms with Gasteiger partial charge in [-0.05, 0) is 42.3 Å². The van der Waals surface area contributed by atoms with Gasteiger partial charge in [0.15, 0.2) is 9.84 Å². The maximum Gasteiger partial charge on any atom is 0.416 e. The standard InChI is InChI=1S/C9H9F3.C8H10O3S/c1-2-7-4-3-5-8(6-7)9(10,11)12;1-11-7-3-5-8(6-4-7)12(2,9)10/h3-6H,2H2,1H3;3-6H,1-2H3. The van der Waals surface area contributed by atoms with Gasteiger partial charge in [-0.25, -0.2) is 8.42 Å². The molecule has 2 rings (SSSR count). The maximum atomic E-state index is 12.1. The summed E-state index contributed by atoms with van der Waals surface area (Å²) in [7, 11) is -1.55. The van der Waals surface area contributed by atoms with Crippen LogP contribution in [0.25, 0.3) is 0 Å². The van der Waals surface area contributed by atoms with Crippen molar-refractivity contribution in [1.29, 1.82) is 0 Å². The second kappa shape index (κ2) is 8.19. The SMILES string of the molecule is CCc1cccc(C(F)(F)F)c1.COc1ccc(S(C)(=O)=O)cc1. The van der Waals surface area contributed by atoms with Gasteiger partial charge in [0.25, 0.3) is 0 Å². The second-order valence-corrected chi connectivity index (χ2v) is 7.02. The molecular formula is C17H19F3O3S. The summed E-state index contributed by atoms with van der Waals surface area (Å²) in [5, 5.41) is 0. The minimum absolute atomic E-state index is 0.309. The zero-order valence-electron chi connectivity index (χ0n) is 13.6. The number of halogens is 3. The number of methoxy groups -OCH3 is 1. The van der Waals surface area contributed by atoms with E-state index in [1.54, 1.807) is 18.2 Å². The first-order valence-corrected chi connectivity index (χ1v) is 8.97. The number of aryl methyl sites for hydroxylation is 1. The van der Waals surface area contributed by atoms with Crippen LogP contribution in [0.5, 0.6) is 5.75 Å². The molecule has 0 saturated heterocycles. The predicted octanol–water partition coefficient (Wildman–Crippen LogP) is 4.37. The van der Waals surface area contributed by atoms with E-state index in [1.165, 1.54) is 37.6 Å². The van der Waals surface area contributed by atoms with Crippen LogP contribution in [0.2, 0.25) is 0 Å². The van der Waals surface area contributed by atoms with E-state index in [0.717, 1.165) is 6.07 Å². The van der Waals surface area contributed by atoms with Gasteiger partial charge in [-0.3, -0.25) is 0 Å². The maximum absolute atomic E-state index is 12.1. The Kier molecular flexibility index (Phi) is 6.83. The summed E-state index contributed by atoms with van der Waals surface area (Å²) in [5.74, 6) is 0.655. The Labute approximate surface area is 140 Å². The van der Waals surface area contributed by atoms with Crippen molar-refractivity contribution in [2.24, 2.45) is 0 Å². The summed E-state index contributed by atoms with van der Waals surface area (Å²) >= 11 is 0. The summed E-state index contributed by atoms with van der Waals surface area (Å²) in [6.07, 6.45) is -2.41. The van der Waals surface area contributed by atoms with Crippen LogP contribution < -0.4 is 4.74 Å². The molecule has 0 N–H and O–H groups in total. The molecule has 0 radical (unpaired) electrons. The van der Waals surface area contributed by atoms with Gasteiger partial charge in [0.1, 0.15) is 5.75 Å². The van der Waals surface area contributed by atoms with E-state index in [-0.39, 0.29) is 0 Å². The largest absolute Gasteiger partial charge is 0.497 e. The number of alkyl halides is 3. The topological polar surface area (TPSA) is 43.4 Å². The minimum Gasteiger partial charge on any atom is -0.497 e. The van der Waals surface area contributed by atoms with Gasteiger partial charge >= 0.3 is 6.18 Å². The van der Waals surface area contributed by atoms with Crippen LogP contribution in [0.15, 0.2) is 53.4 Å². The number of hydrogen-bond donors (Lipinski definition) is 0. The normalized spacial score (nSPS) is 11.4. The predicted molar refractivity (Wildman–Crippen MR) is 86.9 cm³/mol. The number of hydrogen-bond acceptors (Lipinski definition) is 3. The molecule has 24 heavy (non-hydrogen) atoms. The fraction of sp³-hybridized carbons (Fsp3) is 0.294. The minimum atomic E-state index is -4.22. The summed E-state index contributed by atoms with van der Waals surface area (Å²) in [5.41, 5.74) is 0.145. The molecule has 0 unspecified atom stereocenters. The first-order chi connectivity index (χ1) is 11.1. The molecular weight excluding hydrogens is 341 g/mol. The molecule has 0 fully saturated rings. The highest BCUT2D eigenvalue weighted by molar-refractivity contribution is 7.90. The van der Waals surface area contributed by atoms with Gasteiger partial charge in [0.05, 0.1) is 17.6 Å². The fourth-order valence-electron chi connectivity index (χ4n) is 1.79. The van der Waals surface area contributed by atoms with Crippen LogP contribution in [0.3, 0.4) is 0 Å². The van der Waals surface area contributed by atoms with Crippen molar-refractivity contribution < 1.29 is 26.3 Å². The summed E-state index contributed by atoms with van der Waals surface area (Å²) in [6.45, 7) is 1.83. The van der Waals surface area contributed by atoms with Crippen molar-refractivity contribution >= 4 is 9.84 Å². The van der Waals surface area contributed by atoms with Crippen molar-refractivity contribution in [3.05, 3.63) is 59.7 Å². The highest BCUT2D eigenvalue weighted by Crippen LogP contribution is 2.29. The molecule has 0 aliphatic rings. The Morgan fingerprint density at radius 3 is 2.04 bits per heavy atom. The number of ether oxygens (including phenoxy) is 1. The molecule has 0 amide bonds. The van der Waals surface area contributed by atoms with E-state index in [9.17, 15) is 21.6 Å². The molecule has 0 spiro atoms. The molecule has 0 aliphatic heterocycles. The highest BCUT2D eigenvalue weighted by atomic mass is 32.2. The monoisotopic (exact) mass is 360 g/mol. The van der Waals surface area contributed by atoms with Crippen molar-refractivity contribution in [3.63, 3.8) is 0 Å². The van der Waals surface area contributed by atoms with Gasteiger partial charge in [-0.2, -0.15) is 13.2 Å². The lowest BCUT2D eigenvalue weighted by Crippen LogP contribution is -2.04. The van der Waals surface area contributed by atoms with E-state index in [0.29, 0.717) is 22.6 Å². The Morgan fingerprint density at radius 2 is 1.62 bits per heavy atom. The Hall–Kier alpha value is -2.02.